The number of nitrogens with zero attached hydrogens (tertiary/aromatic N) is 2. The Morgan fingerprint density at radius 2 is 1.73 bits per heavy atom. The third-order valence-electron chi connectivity index (χ3n) is 4.83. The van der Waals surface area contributed by atoms with Crippen LogP contribution in [0.5, 0.6) is 5.75 Å². The van der Waals surface area contributed by atoms with Crippen molar-refractivity contribution in [2.24, 2.45) is 0 Å². The number of benzene rings is 2. The quantitative estimate of drug-likeness (QED) is 0.715. The van der Waals surface area contributed by atoms with E-state index in [1.165, 1.54) is 0 Å². The summed E-state index contributed by atoms with van der Waals surface area (Å²) in [4.78, 5) is 19.8. The molecule has 5 heteroatoms. The van der Waals surface area contributed by atoms with E-state index in [0.717, 1.165) is 35.2 Å². The van der Waals surface area contributed by atoms with Crippen LogP contribution in [0.2, 0.25) is 0 Å². The van der Waals surface area contributed by atoms with E-state index in [1.54, 1.807) is 18.2 Å². The van der Waals surface area contributed by atoms with Gasteiger partial charge >= 0.3 is 0 Å². The minimum Gasteiger partial charge on any atom is -0.508 e. The van der Waals surface area contributed by atoms with Gasteiger partial charge in [-0.2, -0.15) is 0 Å². The van der Waals surface area contributed by atoms with E-state index >= 15 is 0 Å². The molecule has 4 rings (SSSR count). The summed E-state index contributed by atoms with van der Waals surface area (Å²) in [6.45, 7) is 2.96. The van der Waals surface area contributed by atoms with Gasteiger partial charge in [0.15, 0.2) is 0 Å². The Bertz CT molecular complexity index is 935. The number of piperazine rings is 1. The van der Waals surface area contributed by atoms with Crippen molar-refractivity contribution in [3.63, 3.8) is 0 Å². The van der Waals surface area contributed by atoms with Crippen LogP contribution in [0.15, 0.2) is 60.8 Å². The summed E-state index contributed by atoms with van der Waals surface area (Å²) in [6, 6.07) is 15.3. The van der Waals surface area contributed by atoms with Crippen molar-refractivity contribution < 1.29 is 9.90 Å². The Hall–Kier alpha value is -3.21. The van der Waals surface area contributed by atoms with Crippen molar-refractivity contribution in [1.82, 2.24) is 9.88 Å². The molecular formula is C21H21N3O2. The molecule has 1 saturated heterocycles. The zero-order valence-corrected chi connectivity index (χ0v) is 14.4. The molecule has 5 nitrogen and oxygen atoms in total. The number of phenolic OH excluding ortho intramolecular Hbond substituents is 1. The normalized spacial score (nSPS) is 15.1. The molecule has 0 aliphatic carbocycles. The third kappa shape index (κ3) is 3.28. The maximum atomic E-state index is 12.5. The summed E-state index contributed by atoms with van der Waals surface area (Å²) >= 11 is 0. The number of hydrogen-bond acceptors (Lipinski definition) is 3. The fourth-order valence-corrected chi connectivity index (χ4v) is 3.35. The standard InChI is InChI=1S/C21H21N3O2/c25-18-8-6-17(7-9-18)23-11-13-24(14-12-23)21(26)10-5-16-15-22-20-4-2-1-3-19(16)20/h1-10,15,22,25H,11-14H2/b10-5+. The highest BCUT2D eigenvalue weighted by molar-refractivity contribution is 5.96. The molecule has 0 atom stereocenters. The van der Waals surface area contributed by atoms with Crippen LogP contribution in [-0.2, 0) is 4.79 Å². The lowest BCUT2D eigenvalue weighted by atomic mass is 10.1. The number of para-hydroxylation sites is 1. The van der Waals surface area contributed by atoms with E-state index < -0.39 is 0 Å². The molecule has 1 aromatic heterocycles. The number of rotatable bonds is 3. The van der Waals surface area contributed by atoms with Crippen LogP contribution in [-0.4, -0.2) is 47.1 Å². The highest BCUT2D eigenvalue weighted by atomic mass is 16.3. The molecule has 2 N–H and O–H groups in total. The van der Waals surface area contributed by atoms with Crippen LogP contribution in [0.25, 0.3) is 17.0 Å². The smallest absolute Gasteiger partial charge is 0.246 e. The molecule has 0 spiro atoms. The molecule has 0 radical (unpaired) electrons. The average molecular weight is 347 g/mol. The number of hydrogen-bond donors (Lipinski definition) is 2. The largest absolute Gasteiger partial charge is 0.508 e. The second-order valence-corrected chi connectivity index (χ2v) is 6.45. The first-order valence-electron chi connectivity index (χ1n) is 8.78. The Balaban J connectivity index is 1.38. The maximum Gasteiger partial charge on any atom is 0.246 e. The predicted molar refractivity (Wildman–Crippen MR) is 104 cm³/mol. The highest BCUT2D eigenvalue weighted by Crippen LogP contribution is 2.21. The van der Waals surface area contributed by atoms with Crippen molar-refractivity contribution in [3.8, 4) is 5.75 Å². The number of H-pyrrole nitrogens is 1. The summed E-state index contributed by atoms with van der Waals surface area (Å²) in [5.74, 6) is 0.311. The first-order valence-corrected chi connectivity index (χ1v) is 8.78. The molecule has 1 aliphatic rings. The van der Waals surface area contributed by atoms with E-state index in [9.17, 15) is 9.90 Å². The average Bonchev–Trinajstić information content (AvgIpc) is 3.10. The third-order valence-corrected chi connectivity index (χ3v) is 4.83. The van der Waals surface area contributed by atoms with Crippen molar-refractivity contribution in [3.05, 3.63) is 66.4 Å². The first-order chi connectivity index (χ1) is 12.7. The number of carbonyl (C=O) groups is 1. The van der Waals surface area contributed by atoms with Gasteiger partial charge in [-0.15, -0.1) is 0 Å². The number of nitrogens with one attached hydrogen (secondary N) is 1. The number of fused-ring (bicyclic) bond motifs is 1. The number of anilines is 1. The molecule has 0 bridgehead atoms. The summed E-state index contributed by atoms with van der Waals surface area (Å²) in [5, 5.41) is 10.5. The van der Waals surface area contributed by atoms with E-state index in [0.29, 0.717) is 13.1 Å². The molecule has 1 fully saturated rings. The van der Waals surface area contributed by atoms with Gasteiger partial charge in [-0.1, -0.05) is 18.2 Å². The van der Waals surface area contributed by atoms with Crippen LogP contribution in [0.1, 0.15) is 5.56 Å². The first kappa shape index (κ1) is 16.3. The molecular weight excluding hydrogens is 326 g/mol. The van der Waals surface area contributed by atoms with Gasteiger partial charge in [0.1, 0.15) is 5.75 Å². The summed E-state index contributed by atoms with van der Waals surface area (Å²) in [5.41, 5.74) is 3.17. The Labute approximate surface area is 152 Å². The lowest BCUT2D eigenvalue weighted by molar-refractivity contribution is -0.126. The van der Waals surface area contributed by atoms with E-state index in [4.69, 9.17) is 0 Å². The Kier molecular flexibility index (Phi) is 4.35. The minimum absolute atomic E-state index is 0.0423. The molecule has 2 aromatic carbocycles. The second-order valence-electron chi connectivity index (χ2n) is 6.45. The molecule has 0 unspecified atom stereocenters. The molecule has 3 aromatic rings. The summed E-state index contributed by atoms with van der Waals surface area (Å²) in [6.07, 6.45) is 5.47. The van der Waals surface area contributed by atoms with Crippen molar-refractivity contribution in [2.45, 2.75) is 0 Å². The van der Waals surface area contributed by atoms with E-state index in [1.807, 2.05) is 53.6 Å². The van der Waals surface area contributed by atoms with Gasteiger partial charge in [-0.05, 0) is 42.0 Å². The minimum atomic E-state index is 0.0423. The van der Waals surface area contributed by atoms with Crippen LogP contribution in [0, 0.1) is 0 Å². The molecule has 0 saturated carbocycles. The molecule has 1 amide bonds. The fourth-order valence-electron chi connectivity index (χ4n) is 3.35. The summed E-state index contributed by atoms with van der Waals surface area (Å²) in [7, 11) is 0. The Morgan fingerprint density at radius 1 is 1.00 bits per heavy atom. The van der Waals surface area contributed by atoms with Gasteiger partial charge in [0.05, 0.1) is 0 Å². The number of phenols is 1. The van der Waals surface area contributed by atoms with Gasteiger partial charge in [0.25, 0.3) is 0 Å². The number of aromatic nitrogens is 1. The topological polar surface area (TPSA) is 59.6 Å². The zero-order valence-electron chi connectivity index (χ0n) is 14.4. The van der Waals surface area contributed by atoms with Gasteiger partial charge < -0.3 is 19.9 Å². The molecule has 1 aliphatic heterocycles. The highest BCUT2D eigenvalue weighted by Gasteiger charge is 2.19. The van der Waals surface area contributed by atoms with Crippen molar-refractivity contribution in [2.75, 3.05) is 31.1 Å². The van der Waals surface area contributed by atoms with Gasteiger partial charge in [-0.25, -0.2) is 0 Å². The van der Waals surface area contributed by atoms with Crippen LogP contribution in [0.4, 0.5) is 5.69 Å². The van der Waals surface area contributed by atoms with Gasteiger partial charge in [0.2, 0.25) is 5.91 Å². The monoisotopic (exact) mass is 347 g/mol. The van der Waals surface area contributed by atoms with E-state index in [-0.39, 0.29) is 11.7 Å². The van der Waals surface area contributed by atoms with E-state index in [2.05, 4.69) is 9.88 Å². The number of aromatic amines is 1. The van der Waals surface area contributed by atoms with Crippen molar-refractivity contribution >= 4 is 28.6 Å². The predicted octanol–water partition coefficient (Wildman–Crippen LogP) is 3.24. The number of aromatic hydroxyl groups is 1. The fraction of sp³-hybridized carbons (Fsp3) is 0.190. The lowest BCUT2D eigenvalue weighted by Gasteiger charge is -2.35. The van der Waals surface area contributed by atoms with Crippen molar-refractivity contribution in [1.29, 1.82) is 0 Å². The van der Waals surface area contributed by atoms with Crippen LogP contribution in [0.3, 0.4) is 0 Å². The van der Waals surface area contributed by atoms with Crippen LogP contribution >= 0.6 is 0 Å². The lowest BCUT2D eigenvalue weighted by Crippen LogP contribution is -2.48. The van der Waals surface area contributed by atoms with Crippen LogP contribution < -0.4 is 4.90 Å². The number of amides is 1. The SMILES string of the molecule is O=C(/C=C/c1c[nH]c2ccccc12)N1CCN(c2ccc(O)cc2)CC1. The van der Waals surface area contributed by atoms with Gasteiger partial charge in [-0.3, -0.25) is 4.79 Å². The number of carbonyl (C=O) groups excluding carboxylic acids is 1. The Morgan fingerprint density at radius 3 is 2.50 bits per heavy atom. The summed E-state index contributed by atoms with van der Waals surface area (Å²) < 4.78 is 0. The van der Waals surface area contributed by atoms with Gasteiger partial charge in [0, 0.05) is 55.0 Å². The second kappa shape index (κ2) is 6.96. The zero-order chi connectivity index (χ0) is 17.9. The maximum absolute atomic E-state index is 12.5. The molecule has 132 valence electrons. The molecule has 2 heterocycles. The molecule has 26 heavy (non-hydrogen) atoms.